The first-order valence-electron chi connectivity index (χ1n) is 8.24. The number of aromatic nitrogens is 2. The minimum absolute atomic E-state index is 0.236. The van der Waals surface area contributed by atoms with Crippen molar-refractivity contribution in [3.8, 4) is 11.3 Å². The van der Waals surface area contributed by atoms with Gasteiger partial charge in [0.2, 0.25) is 5.91 Å². The van der Waals surface area contributed by atoms with Gasteiger partial charge in [-0.05, 0) is 43.7 Å². The second-order valence-corrected chi connectivity index (χ2v) is 7.05. The third-order valence-electron chi connectivity index (χ3n) is 4.02. The highest BCUT2D eigenvalue weighted by molar-refractivity contribution is 6.35. The number of amides is 1. The summed E-state index contributed by atoms with van der Waals surface area (Å²) in [6.07, 6.45) is 0. The maximum absolute atomic E-state index is 12.3. The summed E-state index contributed by atoms with van der Waals surface area (Å²) in [6, 6.07) is 13.8. The van der Waals surface area contributed by atoms with Crippen LogP contribution in [0.2, 0.25) is 10.0 Å². The molecule has 138 valence electrons. The smallest absolute Gasteiger partial charge is 0.267 e. The fraction of sp³-hybridized carbons (Fsp3) is 0.150. The maximum atomic E-state index is 12.3. The van der Waals surface area contributed by atoms with Crippen LogP contribution < -0.4 is 10.9 Å². The Bertz CT molecular complexity index is 1080. The van der Waals surface area contributed by atoms with Crippen molar-refractivity contribution >= 4 is 34.8 Å². The SMILES string of the molecule is Cc1ccc(-c2ccc(=O)n(CC(=O)Nc3cc(Cl)ccc3Cl)n2)c(C)c1. The average molecular weight is 402 g/mol. The standard InChI is InChI=1S/C20H17Cl2N3O2/c1-12-3-5-15(13(2)9-12)17-7-8-20(27)25(24-17)11-19(26)23-18-10-14(21)4-6-16(18)22/h3-10H,11H2,1-2H3,(H,23,26). The summed E-state index contributed by atoms with van der Waals surface area (Å²) in [7, 11) is 0. The van der Waals surface area contributed by atoms with E-state index in [-0.39, 0.29) is 12.1 Å². The van der Waals surface area contributed by atoms with Crippen molar-refractivity contribution in [1.29, 1.82) is 0 Å². The Hall–Kier alpha value is -2.63. The molecule has 2 aromatic carbocycles. The van der Waals surface area contributed by atoms with Gasteiger partial charge in [-0.3, -0.25) is 9.59 Å². The van der Waals surface area contributed by atoms with Crippen molar-refractivity contribution in [3.05, 3.63) is 80.1 Å². The molecular formula is C20H17Cl2N3O2. The largest absolute Gasteiger partial charge is 0.323 e. The Morgan fingerprint density at radius 1 is 1.07 bits per heavy atom. The zero-order valence-corrected chi connectivity index (χ0v) is 16.3. The molecule has 0 fully saturated rings. The zero-order valence-electron chi connectivity index (χ0n) is 14.8. The average Bonchev–Trinajstić information content (AvgIpc) is 2.60. The van der Waals surface area contributed by atoms with Crippen LogP contribution in [0.25, 0.3) is 11.3 Å². The Labute approximate surface area is 166 Å². The van der Waals surface area contributed by atoms with Crippen molar-refractivity contribution < 1.29 is 4.79 Å². The fourth-order valence-electron chi connectivity index (χ4n) is 2.73. The Morgan fingerprint density at radius 2 is 1.85 bits per heavy atom. The normalized spacial score (nSPS) is 10.7. The van der Waals surface area contributed by atoms with Gasteiger partial charge in [-0.15, -0.1) is 0 Å². The number of hydrogen-bond acceptors (Lipinski definition) is 3. The van der Waals surface area contributed by atoms with Crippen LogP contribution in [0.5, 0.6) is 0 Å². The lowest BCUT2D eigenvalue weighted by Crippen LogP contribution is -2.29. The lowest BCUT2D eigenvalue weighted by atomic mass is 10.0. The van der Waals surface area contributed by atoms with E-state index in [4.69, 9.17) is 23.2 Å². The number of nitrogens with one attached hydrogen (secondary N) is 1. The lowest BCUT2D eigenvalue weighted by molar-refractivity contribution is -0.117. The molecule has 1 N–H and O–H groups in total. The highest BCUT2D eigenvalue weighted by Gasteiger charge is 2.11. The molecule has 27 heavy (non-hydrogen) atoms. The van der Waals surface area contributed by atoms with Gasteiger partial charge < -0.3 is 5.32 Å². The van der Waals surface area contributed by atoms with Gasteiger partial charge in [0.05, 0.1) is 16.4 Å². The molecule has 0 spiro atoms. The minimum atomic E-state index is -0.424. The first-order chi connectivity index (χ1) is 12.8. The molecule has 7 heteroatoms. The van der Waals surface area contributed by atoms with Crippen molar-refractivity contribution in [2.24, 2.45) is 0 Å². The fourth-order valence-corrected chi connectivity index (χ4v) is 3.06. The van der Waals surface area contributed by atoms with Crippen molar-refractivity contribution in [3.63, 3.8) is 0 Å². The van der Waals surface area contributed by atoms with Gasteiger partial charge >= 0.3 is 0 Å². The monoisotopic (exact) mass is 401 g/mol. The quantitative estimate of drug-likeness (QED) is 0.700. The van der Waals surface area contributed by atoms with E-state index in [1.165, 1.54) is 6.07 Å². The van der Waals surface area contributed by atoms with Crippen LogP contribution >= 0.6 is 23.2 Å². The molecule has 0 aliphatic heterocycles. The first-order valence-corrected chi connectivity index (χ1v) is 9.00. The number of carbonyl (C=O) groups is 1. The van der Waals surface area contributed by atoms with E-state index < -0.39 is 5.91 Å². The second-order valence-electron chi connectivity index (χ2n) is 6.21. The van der Waals surface area contributed by atoms with Gasteiger partial charge in [-0.1, -0.05) is 47.0 Å². The van der Waals surface area contributed by atoms with E-state index in [0.29, 0.717) is 21.4 Å². The minimum Gasteiger partial charge on any atom is -0.323 e. The molecule has 0 saturated carbocycles. The highest BCUT2D eigenvalue weighted by Crippen LogP contribution is 2.25. The number of anilines is 1. The van der Waals surface area contributed by atoms with Crippen LogP contribution in [-0.4, -0.2) is 15.7 Å². The summed E-state index contributed by atoms with van der Waals surface area (Å²) in [4.78, 5) is 24.5. The van der Waals surface area contributed by atoms with Gasteiger partial charge in [-0.25, -0.2) is 4.68 Å². The van der Waals surface area contributed by atoms with Gasteiger partial charge in [-0.2, -0.15) is 5.10 Å². The zero-order chi connectivity index (χ0) is 19.6. The molecule has 0 aliphatic carbocycles. The van der Waals surface area contributed by atoms with Gasteiger partial charge in [0, 0.05) is 16.7 Å². The molecule has 0 bridgehead atoms. The summed E-state index contributed by atoms with van der Waals surface area (Å²) in [6.45, 7) is 3.75. The van der Waals surface area contributed by atoms with E-state index >= 15 is 0 Å². The van der Waals surface area contributed by atoms with Crippen molar-refractivity contribution in [2.45, 2.75) is 20.4 Å². The molecule has 0 radical (unpaired) electrons. The predicted molar refractivity (Wildman–Crippen MR) is 108 cm³/mol. The van der Waals surface area contributed by atoms with Gasteiger partial charge in [0.15, 0.2) is 0 Å². The molecule has 1 heterocycles. The van der Waals surface area contributed by atoms with E-state index in [0.717, 1.165) is 21.4 Å². The molecular weight excluding hydrogens is 385 g/mol. The van der Waals surface area contributed by atoms with Crippen LogP contribution in [0.1, 0.15) is 11.1 Å². The maximum Gasteiger partial charge on any atom is 0.267 e. The molecule has 3 aromatic rings. The summed E-state index contributed by atoms with van der Waals surface area (Å²) in [5.74, 6) is -0.424. The summed E-state index contributed by atoms with van der Waals surface area (Å²) in [5.41, 5.74) is 3.74. The number of benzene rings is 2. The summed E-state index contributed by atoms with van der Waals surface area (Å²) in [5, 5.41) is 7.79. The Kier molecular flexibility index (Phi) is 5.63. The number of rotatable bonds is 4. The molecule has 3 rings (SSSR count). The number of halogens is 2. The van der Waals surface area contributed by atoms with E-state index in [1.54, 1.807) is 24.3 Å². The molecule has 0 saturated heterocycles. The lowest BCUT2D eigenvalue weighted by Gasteiger charge is -2.11. The second kappa shape index (κ2) is 7.94. The summed E-state index contributed by atoms with van der Waals surface area (Å²) < 4.78 is 1.13. The number of hydrogen-bond donors (Lipinski definition) is 1. The third-order valence-corrected chi connectivity index (χ3v) is 4.59. The van der Waals surface area contributed by atoms with Crippen LogP contribution in [0.3, 0.4) is 0 Å². The van der Waals surface area contributed by atoms with Crippen molar-refractivity contribution in [1.82, 2.24) is 9.78 Å². The highest BCUT2D eigenvalue weighted by atomic mass is 35.5. The first kappa shape index (κ1) is 19.1. The van der Waals surface area contributed by atoms with Crippen LogP contribution in [0.4, 0.5) is 5.69 Å². The molecule has 5 nitrogen and oxygen atoms in total. The summed E-state index contributed by atoms with van der Waals surface area (Å²) >= 11 is 12.0. The van der Waals surface area contributed by atoms with Crippen LogP contribution in [0, 0.1) is 13.8 Å². The van der Waals surface area contributed by atoms with Gasteiger partial charge in [0.25, 0.3) is 5.56 Å². The van der Waals surface area contributed by atoms with E-state index in [1.807, 2.05) is 32.0 Å². The number of aryl methyl sites for hydroxylation is 2. The predicted octanol–water partition coefficient (Wildman–Crippen LogP) is 4.47. The van der Waals surface area contributed by atoms with Crippen LogP contribution in [-0.2, 0) is 11.3 Å². The molecule has 0 unspecified atom stereocenters. The van der Waals surface area contributed by atoms with E-state index in [9.17, 15) is 9.59 Å². The Balaban J connectivity index is 1.85. The van der Waals surface area contributed by atoms with Gasteiger partial charge in [0.1, 0.15) is 6.54 Å². The number of nitrogens with zero attached hydrogens (tertiary/aromatic N) is 2. The number of carbonyl (C=O) groups excluding carboxylic acids is 1. The molecule has 1 aromatic heterocycles. The van der Waals surface area contributed by atoms with Crippen molar-refractivity contribution in [2.75, 3.05) is 5.32 Å². The Morgan fingerprint density at radius 3 is 2.59 bits per heavy atom. The van der Waals surface area contributed by atoms with Crippen LogP contribution in [0.15, 0.2) is 53.3 Å². The van der Waals surface area contributed by atoms with E-state index in [2.05, 4.69) is 10.4 Å². The molecule has 1 amide bonds. The third kappa shape index (κ3) is 4.56. The topological polar surface area (TPSA) is 64.0 Å². The molecule has 0 aliphatic rings. The molecule has 0 atom stereocenters.